The number of hydrogen-bond acceptors (Lipinski definition) is 3. The molecule has 110 valence electrons. The summed E-state index contributed by atoms with van der Waals surface area (Å²) in [4.78, 5) is 5.12. The van der Waals surface area contributed by atoms with Crippen LogP contribution in [-0.4, -0.2) is 50.1 Å². The van der Waals surface area contributed by atoms with E-state index in [1.165, 1.54) is 51.0 Å². The van der Waals surface area contributed by atoms with E-state index in [1.54, 1.807) is 7.11 Å². The Morgan fingerprint density at radius 1 is 1.15 bits per heavy atom. The van der Waals surface area contributed by atoms with Gasteiger partial charge in [0.2, 0.25) is 0 Å². The second kappa shape index (κ2) is 5.74. The number of methoxy groups -OCH3 is 1. The third kappa shape index (κ3) is 2.84. The fourth-order valence-electron chi connectivity index (χ4n) is 4.02. The second-order valence-electron chi connectivity index (χ2n) is 6.61. The largest absolute Gasteiger partial charge is 0.496 e. The van der Waals surface area contributed by atoms with E-state index < -0.39 is 0 Å². The Morgan fingerprint density at radius 2 is 2.00 bits per heavy atom. The summed E-state index contributed by atoms with van der Waals surface area (Å²) in [6.07, 6.45) is 4.12. The average molecular weight is 274 g/mol. The first kappa shape index (κ1) is 13.9. The number of hydrogen-bond donors (Lipinski definition) is 0. The zero-order valence-electron chi connectivity index (χ0n) is 12.8. The van der Waals surface area contributed by atoms with Gasteiger partial charge in [-0.15, -0.1) is 0 Å². The molecule has 3 rings (SSSR count). The van der Waals surface area contributed by atoms with Gasteiger partial charge in [0.25, 0.3) is 0 Å². The molecule has 0 amide bonds. The number of ether oxygens (including phenoxy) is 1. The van der Waals surface area contributed by atoms with Gasteiger partial charge < -0.3 is 9.64 Å². The van der Waals surface area contributed by atoms with Crippen LogP contribution in [0.4, 0.5) is 0 Å². The van der Waals surface area contributed by atoms with E-state index in [-0.39, 0.29) is 0 Å². The lowest BCUT2D eigenvalue weighted by Crippen LogP contribution is -2.42. The summed E-state index contributed by atoms with van der Waals surface area (Å²) in [6.45, 7) is 6.04. The first-order valence-corrected chi connectivity index (χ1v) is 7.74. The number of benzene rings is 1. The first-order chi connectivity index (χ1) is 9.71. The van der Waals surface area contributed by atoms with Gasteiger partial charge in [-0.05, 0) is 50.9 Å². The number of para-hydroxylation sites is 1. The van der Waals surface area contributed by atoms with Crippen LogP contribution < -0.4 is 4.74 Å². The first-order valence-electron chi connectivity index (χ1n) is 7.74. The third-order valence-electron chi connectivity index (χ3n) is 4.96. The van der Waals surface area contributed by atoms with E-state index in [1.807, 2.05) is 6.07 Å². The quantitative estimate of drug-likeness (QED) is 0.842. The minimum Gasteiger partial charge on any atom is -0.496 e. The molecule has 2 saturated heterocycles. The number of piperidine rings is 1. The monoisotopic (exact) mass is 274 g/mol. The molecule has 3 heteroatoms. The maximum Gasteiger partial charge on any atom is 0.123 e. The van der Waals surface area contributed by atoms with E-state index in [4.69, 9.17) is 4.74 Å². The van der Waals surface area contributed by atoms with Crippen LogP contribution in [-0.2, 0) is 6.54 Å². The molecule has 0 saturated carbocycles. The van der Waals surface area contributed by atoms with E-state index in [2.05, 4.69) is 35.0 Å². The lowest BCUT2D eigenvalue weighted by Gasteiger charge is -2.38. The summed E-state index contributed by atoms with van der Waals surface area (Å²) in [5.74, 6) is 1.02. The highest BCUT2D eigenvalue weighted by molar-refractivity contribution is 5.33. The summed E-state index contributed by atoms with van der Waals surface area (Å²) in [5.41, 5.74) is 1.87. The molecule has 0 aromatic heterocycles. The standard InChI is InChI=1S/C17H26N2O/c1-18-10-5-8-17(13-18)9-11-19(14-17)12-15-6-3-4-7-16(15)20-2/h3-4,6-7H,5,8-14H2,1-2H3. The smallest absolute Gasteiger partial charge is 0.123 e. The fraction of sp³-hybridized carbons (Fsp3) is 0.647. The van der Waals surface area contributed by atoms with Gasteiger partial charge in [0.1, 0.15) is 5.75 Å². The Morgan fingerprint density at radius 3 is 2.80 bits per heavy atom. The van der Waals surface area contributed by atoms with Crippen molar-refractivity contribution in [3.8, 4) is 5.75 Å². The van der Waals surface area contributed by atoms with Gasteiger partial charge in [0.05, 0.1) is 7.11 Å². The molecule has 1 atom stereocenters. The summed E-state index contributed by atoms with van der Waals surface area (Å²) in [5, 5.41) is 0. The zero-order chi connectivity index (χ0) is 14.0. The highest BCUT2D eigenvalue weighted by atomic mass is 16.5. The van der Waals surface area contributed by atoms with Crippen molar-refractivity contribution in [2.24, 2.45) is 5.41 Å². The third-order valence-corrected chi connectivity index (χ3v) is 4.96. The molecular formula is C17H26N2O. The molecule has 0 aliphatic carbocycles. The van der Waals surface area contributed by atoms with Crippen LogP contribution in [0.5, 0.6) is 5.75 Å². The Kier molecular flexibility index (Phi) is 3.99. The van der Waals surface area contributed by atoms with E-state index in [9.17, 15) is 0 Å². The molecule has 2 fully saturated rings. The van der Waals surface area contributed by atoms with Gasteiger partial charge in [-0.2, -0.15) is 0 Å². The molecule has 1 aromatic carbocycles. The van der Waals surface area contributed by atoms with Crippen LogP contribution in [0.25, 0.3) is 0 Å². The molecule has 0 radical (unpaired) electrons. The molecule has 20 heavy (non-hydrogen) atoms. The molecule has 0 N–H and O–H groups in total. The summed E-state index contributed by atoms with van der Waals surface area (Å²) >= 11 is 0. The second-order valence-corrected chi connectivity index (χ2v) is 6.61. The molecule has 2 aliphatic heterocycles. The normalized spacial score (nSPS) is 28.1. The number of nitrogens with zero attached hydrogens (tertiary/aromatic N) is 2. The van der Waals surface area contributed by atoms with Crippen LogP contribution in [0.15, 0.2) is 24.3 Å². The van der Waals surface area contributed by atoms with Crippen LogP contribution in [0, 0.1) is 5.41 Å². The molecule has 2 heterocycles. The number of likely N-dealkylation sites (tertiary alicyclic amines) is 2. The van der Waals surface area contributed by atoms with Crippen LogP contribution >= 0.6 is 0 Å². The molecule has 3 nitrogen and oxygen atoms in total. The Hall–Kier alpha value is -1.06. The lowest BCUT2D eigenvalue weighted by atomic mass is 9.79. The topological polar surface area (TPSA) is 15.7 Å². The van der Waals surface area contributed by atoms with E-state index >= 15 is 0 Å². The van der Waals surface area contributed by atoms with Crippen molar-refractivity contribution in [3.63, 3.8) is 0 Å². The Labute approximate surface area is 122 Å². The average Bonchev–Trinajstić information content (AvgIpc) is 2.81. The van der Waals surface area contributed by atoms with Gasteiger partial charge in [0.15, 0.2) is 0 Å². The summed E-state index contributed by atoms with van der Waals surface area (Å²) < 4.78 is 5.47. The minimum absolute atomic E-state index is 0.551. The number of rotatable bonds is 3. The van der Waals surface area contributed by atoms with E-state index in [0.29, 0.717) is 5.41 Å². The van der Waals surface area contributed by atoms with Gasteiger partial charge in [-0.3, -0.25) is 4.90 Å². The maximum atomic E-state index is 5.47. The molecule has 1 aromatic rings. The van der Waals surface area contributed by atoms with Gasteiger partial charge in [0, 0.05) is 25.2 Å². The molecular weight excluding hydrogens is 248 g/mol. The van der Waals surface area contributed by atoms with Crippen LogP contribution in [0.3, 0.4) is 0 Å². The Bertz CT molecular complexity index is 462. The Balaban J connectivity index is 1.65. The zero-order valence-corrected chi connectivity index (χ0v) is 12.8. The van der Waals surface area contributed by atoms with Crippen molar-refractivity contribution in [3.05, 3.63) is 29.8 Å². The van der Waals surface area contributed by atoms with Crippen molar-refractivity contribution in [2.75, 3.05) is 40.3 Å². The summed E-state index contributed by atoms with van der Waals surface area (Å²) in [7, 11) is 4.03. The van der Waals surface area contributed by atoms with Crippen molar-refractivity contribution in [1.82, 2.24) is 9.80 Å². The molecule has 2 aliphatic rings. The van der Waals surface area contributed by atoms with Crippen molar-refractivity contribution >= 4 is 0 Å². The van der Waals surface area contributed by atoms with Crippen LogP contribution in [0.2, 0.25) is 0 Å². The minimum atomic E-state index is 0.551. The highest BCUT2D eigenvalue weighted by Gasteiger charge is 2.40. The molecule has 0 bridgehead atoms. The summed E-state index contributed by atoms with van der Waals surface area (Å²) in [6, 6.07) is 8.41. The molecule has 1 unspecified atom stereocenters. The lowest BCUT2D eigenvalue weighted by molar-refractivity contribution is 0.112. The van der Waals surface area contributed by atoms with Gasteiger partial charge in [-0.1, -0.05) is 18.2 Å². The van der Waals surface area contributed by atoms with Crippen molar-refractivity contribution < 1.29 is 4.74 Å². The maximum absolute atomic E-state index is 5.47. The predicted octanol–water partition coefficient (Wildman–Crippen LogP) is 2.61. The molecule has 1 spiro atoms. The fourth-order valence-corrected chi connectivity index (χ4v) is 4.02. The van der Waals surface area contributed by atoms with Gasteiger partial charge in [-0.25, -0.2) is 0 Å². The van der Waals surface area contributed by atoms with E-state index in [0.717, 1.165) is 12.3 Å². The van der Waals surface area contributed by atoms with Crippen molar-refractivity contribution in [2.45, 2.75) is 25.8 Å². The van der Waals surface area contributed by atoms with Crippen molar-refractivity contribution in [1.29, 1.82) is 0 Å². The van der Waals surface area contributed by atoms with Crippen LogP contribution in [0.1, 0.15) is 24.8 Å². The SMILES string of the molecule is COc1ccccc1CN1CCC2(CCCN(C)C2)C1. The van der Waals surface area contributed by atoms with Gasteiger partial charge >= 0.3 is 0 Å². The predicted molar refractivity (Wildman–Crippen MR) is 82.1 cm³/mol. The highest BCUT2D eigenvalue weighted by Crippen LogP contribution is 2.39.